The van der Waals surface area contributed by atoms with Gasteiger partial charge in [0.05, 0.1) is 6.04 Å². The highest BCUT2D eigenvalue weighted by Crippen LogP contribution is 2.40. The lowest BCUT2D eigenvalue weighted by Crippen LogP contribution is -2.50. The number of aromatic nitrogens is 2. The van der Waals surface area contributed by atoms with E-state index in [-0.39, 0.29) is 11.9 Å². The van der Waals surface area contributed by atoms with Crippen LogP contribution in [-0.4, -0.2) is 33.6 Å². The molecular formula is C24H34N4O3. The van der Waals surface area contributed by atoms with Crippen molar-refractivity contribution >= 4 is 17.7 Å². The number of ether oxygens (including phenoxy) is 1. The topological polar surface area (TPSA) is 87.3 Å². The highest BCUT2D eigenvalue weighted by Gasteiger charge is 2.39. The maximum absolute atomic E-state index is 13.7. The second-order valence-corrected chi connectivity index (χ2v) is 9.21. The molecule has 7 nitrogen and oxygen atoms in total. The average Bonchev–Trinajstić information content (AvgIpc) is 3.28. The summed E-state index contributed by atoms with van der Waals surface area (Å²) in [6, 6.07) is 5.19. The fraction of sp³-hybridized carbons (Fsp3) is 0.542. The Bertz CT molecular complexity index is 945. The predicted molar refractivity (Wildman–Crippen MR) is 121 cm³/mol. The molecule has 1 aromatic heterocycles. The zero-order chi connectivity index (χ0) is 22.8. The summed E-state index contributed by atoms with van der Waals surface area (Å²) in [5.41, 5.74) is 3.57. The van der Waals surface area contributed by atoms with Crippen LogP contribution in [0, 0.1) is 6.92 Å². The van der Waals surface area contributed by atoms with Crippen LogP contribution in [0.25, 0.3) is 0 Å². The molecule has 7 heteroatoms. The van der Waals surface area contributed by atoms with Crippen LogP contribution < -0.4 is 10.2 Å². The van der Waals surface area contributed by atoms with Crippen molar-refractivity contribution in [3.8, 4) is 0 Å². The van der Waals surface area contributed by atoms with Gasteiger partial charge >= 0.3 is 6.09 Å². The number of hydrogen-bond donors (Lipinski definition) is 2. The zero-order valence-electron chi connectivity index (χ0n) is 19.4. The number of anilines is 1. The molecule has 1 aromatic carbocycles. The molecule has 168 valence electrons. The van der Waals surface area contributed by atoms with Crippen LogP contribution in [0.1, 0.15) is 76.1 Å². The van der Waals surface area contributed by atoms with E-state index in [1.807, 2.05) is 32.2 Å². The van der Waals surface area contributed by atoms with Gasteiger partial charge in [-0.25, -0.2) is 9.78 Å². The van der Waals surface area contributed by atoms with Crippen molar-refractivity contribution in [2.24, 2.45) is 0 Å². The van der Waals surface area contributed by atoms with Gasteiger partial charge in [0.15, 0.2) is 0 Å². The first-order valence-electron chi connectivity index (χ1n) is 11.1. The summed E-state index contributed by atoms with van der Waals surface area (Å²) >= 11 is 0. The van der Waals surface area contributed by atoms with Crippen LogP contribution in [0.15, 0.2) is 24.4 Å². The van der Waals surface area contributed by atoms with Crippen molar-refractivity contribution in [2.45, 2.75) is 84.9 Å². The molecule has 0 fully saturated rings. The number of amides is 2. The molecule has 1 aliphatic rings. The van der Waals surface area contributed by atoms with Gasteiger partial charge in [0.25, 0.3) is 0 Å². The van der Waals surface area contributed by atoms with E-state index >= 15 is 0 Å². The molecule has 0 aliphatic carbocycles. The lowest BCUT2D eigenvalue weighted by atomic mass is 10.1. The van der Waals surface area contributed by atoms with Gasteiger partial charge in [0.1, 0.15) is 17.5 Å². The van der Waals surface area contributed by atoms with Crippen LogP contribution in [0.5, 0.6) is 0 Å². The number of H-pyrrole nitrogens is 1. The highest BCUT2D eigenvalue weighted by molar-refractivity contribution is 6.01. The van der Waals surface area contributed by atoms with E-state index in [4.69, 9.17) is 4.74 Å². The number of alkyl carbamates (subject to hydrolysis) is 1. The van der Waals surface area contributed by atoms with E-state index < -0.39 is 17.7 Å². The van der Waals surface area contributed by atoms with Crippen LogP contribution >= 0.6 is 0 Å². The van der Waals surface area contributed by atoms with E-state index in [0.29, 0.717) is 12.8 Å². The molecule has 1 aliphatic heterocycles. The Morgan fingerprint density at radius 2 is 2.06 bits per heavy atom. The fourth-order valence-electron chi connectivity index (χ4n) is 3.97. The molecule has 3 rings (SSSR count). The van der Waals surface area contributed by atoms with Gasteiger partial charge in [-0.05, 0) is 52.2 Å². The largest absolute Gasteiger partial charge is 0.444 e. The molecule has 0 radical (unpaired) electrons. The molecular weight excluding hydrogens is 392 g/mol. The third-order valence-electron chi connectivity index (χ3n) is 5.34. The SMILES string of the molecule is CCCc1cnc(C2Cc3cc(C)ccc3N2C(=O)C(CC)NC(=O)OC(C)(C)C)[nH]1. The molecule has 2 aromatic rings. The monoisotopic (exact) mass is 426 g/mol. The number of imidazole rings is 1. The quantitative estimate of drug-likeness (QED) is 0.706. The predicted octanol–water partition coefficient (Wildman–Crippen LogP) is 4.60. The molecule has 0 saturated heterocycles. The average molecular weight is 427 g/mol. The minimum atomic E-state index is -0.685. The first-order valence-corrected chi connectivity index (χ1v) is 11.1. The third kappa shape index (κ3) is 5.27. The van der Waals surface area contributed by atoms with Crippen LogP contribution in [0.2, 0.25) is 0 Å². The zero-order valence-corrected chi connectivity index (χ0v) is 19.4. The lowest BCUT2D eigenvalue weighted by molar-refractivity contribution is -0.121. The number of nitrogens with zero attached hydrogens (tertiary/aromatic N) is 2. The maximum Gasteiger partial charge on any atom is 0.408 e. The molecule has 2 N–H and O–H groups in total. The number of rotatable bonds is 6. The summed E-state index contributed by atoms with van der Waals surface area (Å²) in [6.45, 7) is 11.5. The summed E-state index contributed by atoms with van der Waals surface area (Å²) in [5.74, 6) is 0.618. The minimum Gasteiger partial charge on any atom is -0.444 e. The number of aromatic amines is 1. The Hall–Kier alpha value is -2.83. The summed E-state index contributed by atoms with van der Waals surface area (Å²) in [5, 5.41) is 2.76. The van der Waals surface area contributed by atoms with Crippen molar-refractivity contribution in [3.05, 3.63) is 47.0 Å². The van der Waals surface area contributed by atoms with Gasteiger partial charge in [-0.1, -0.05) is 38.0 Å². The highest BCUT2D eigenvalue weighted by atomic mass is 16.6. The third-order valence-corrected chi connectivity index (χ3v) is 5.34. The number of aryl methyl sites for hydroxylation is 2. The number of carbonyl (C=O) groups excluding carboxylic acids is 2. The van der Waals surface area contributed by atoms with Gasteiger partial charge < -0.3 is 15.0 Å². The van der Waals surface area contributed by atoms with E-state index in [0.717, 1.165) is 41.2 Å². The number of benzene rings is 1. The van der Waals surface area contributed by atoms with Gasteiger partial charge in [-0.2, -0.15) is 0 Å². The minimum absolute atomic E-state index is 0.158. The Kier molecular flexibility index (Phi) is 6.72. The van der Waals surface area contributed by atoms with E-state index in [9.17, 15) is 9.59 Å². The molecule has 0 saturated carbocycles. The van der Waals surface area contributed by atoms with Crippen molar-refractivity contribution in [1.29, 1.82) is 0 Å². The number of nitrogens with one attached hydrogen (secondary N) is 2. The second-order valence-electron chi connectivity index (χ2n) is 9.21. The standard InChI is InChI=1S/C24H34N4O3/c1-7-9-17-14-25-21(26-17)20-13-16-12-15(3)10-11-19(16)28(20)22(29)18(8-2)27-23(30)31-24(4,5)6/h10-12,14,18,20H,7-9,13H2,1-6H3,(H,25,26)(H,27,30). The normalized spacial score (nSPS) is 16.7. The Morgan fingerprint density at radius 1 is 1.32 bits per heavy atom. The van der Waals surface area contributed by atoms with E-state index in [1.165, 1.54) is 0 Å². The van der Waals surface area contributed by atoms with Gasteiger partial charge in [-0.15, -0.1) is 0 Å². The van der Waals surface area contributed by atoms with Crippen LogP contribution in [0.4, 0.5) is 10.5 Å². The molecule has 2 amide bonds. The van der Waals surface area contributed by atoms with E-state index in [1.54, 1.807) is 25.7 Å². The molecule has 2 atom stereocenters. The van der Waals surface area contributed by atoms with Crippen LogP contribution in [0.3, 0.4) is 0 Å². The summed E-state index contributed by atoms with van der Waals surface area (Å²) < 4.78 is 5.37. The van der Waals surface area contributed by atoms with Crippen molar-refractivity contribution < 1.29 is 14.3 Å². The number of carbonyl (C=O) groups is 2. The summed E-state index contributed by atoms with van der Waals surface area (Å²) in [6.07, 6.45) is 4.35. The molecule has 2 heterocycles. The van der Waals surface area contributed by atoms with Crippen molar-refractivity contribution in [3.63, 3.8) is 0 Å². The maximum atomic E-state index is 13.7. The summed E-state index contributed by atoms with van der Waals surface area (Å²) in [7, 11) is 0. The molecule has 0 bridgehead atoms. The number of hydrogen-bond acceptors (Lipinski definition) is 4. The Morgan fingerprint density at radius 3 is 2.71 bits per heavy atom. The van der Waals surface area contributed by atoms with Gasteiger partial charge in [0, 0.05) is 24.0 Å². The first-order chi connectivity index (χ1) is 14.6. The Labute approximate surface area is 184 Å². The van der Waals surface area contributed by atoms with Crippen molar-refractivity contribution in [2.75, 3.05) is 4.90 Å². The first kappa shape index (κ1) is 22.8. The fourth-order valence-corrected chi connectivity index (χ4v) is 3.97. The van der Waals surface area contributed by atoms with E-state index in [2.05, 4.69) is 28.3 Å². The second kappa shape index (κ2) is 9.12. The van der Waals surface area contributed by atoms with Gasteiger partial charge in [0.2, 0.25) is 5.91 Å². The molecule has 2 unspecified atom stereocenters. The van der Waals surface area contributed by atoms with Gasteiger partial charge in [-0.3, -0.25) is 9.69 Å². The Balaban J connectivity index is 1.91. The van der Waals surface area contributed by atoms with Crippen LogP contribution in [-0.2, 0) is 22.4 Å². The summed E-state index contributed by atoms with van der Waals surface area (Å²) in [4.78, 5) is 35.8. The molecule has 0 spiro atoms. The molecule has 31 heavy (non-hydrogen) atoms. The smallest absolute Gasteiger partial charge is 0.408 e. The lowest BCUT2D eigenvalue weighted by Gasteiger charge is -2.29. The van der Waals surface area contributed by atoms with Crippen molar-refractivity contribution in [1.82, 2.24) is 15.3 Å². The number of fused-ring (bicyclic) bond motifs is 1.